The van der Waals surface area contributed by atoms with Crippen molar-refractivity contribution in [2.24, 2.45) is 0 Å². The Labute approximate surface area is 54.0 Å². The van der Waals surface area contributed by atoms with E-state index in [1.165, 1.54) is 0 Å². The second-order valence-electron chi connectivity index (χ2n) is 1.18. The van der Waals surface area contributed by atoms with E-state index in [-0.39, 0.29) is 6.61 Å². The molecule has 0 aromatic carbocycles. The van der Waals surface area contributed by atoms with Gasteiger partial charge in [0.1, 0.15) is 0 Å². The van der Waals surface area contributed by atoms with Crippen LogP contribution in [-0.4, -0.2) is 19.4 Å². The zero-order valence-electron chi connectivity index (χ0n) is 5.22. The van der Waals surface area contributed by atoms with Crippen molar-refractivity contribution in [2.75, 3.05) is 13.2 Å². The smallest absolute Gasteiger partial charge is 0.435 e. The largest absolute Gasteiger partial charge is 0.509 e. The summed E-state index contributed by atoms with van der Waals surface area (Å²) in [5.41, 5.74) is 0. The van der Waals surface area contributed by atoms with Crippen LogP contribution in [0.3, 0.4) is 0 Å². The van der Waals surface area contributed by atoms with Gasteiger partial charge in [0.25, 0.3) is 0 Å². The first kappa shape index (κ1) is 7.83. The Bertz CT molecular complexity index is 123. The summed E-state index contributed by atoms with van der Waals surface area (Å²) in [5.74, 6) is 2.13. The third-order valence-electron chi connectivity index (χ3n) is 0.536. The molecule has 3 nitrogen and oxygen atoms in total. The van der Waals surface area contributed by atoms with E-state index in [1.807, 2.05) is 0 Å². The van der Waals surface area contributed by atoms with Gasteiger partial charge in [0, 0.05) is 0 Å². The molecule has 0 unspecified atom stereocenters. The van der Waals surface area contributed by atoms with Crippen molar-refractivity contribution in [3.8, 4) is 12.3 Å². The fourth-order valence-electron chi connectivity index (χ4n) is 0.260. The van der Waals surface area contributed by atoms with Gasteiger partial charge in [0.15, 0.2) is 6.61 Å². The molecule has 0 N–H and O–H groups in total. The lowest BCUT2D eigenvalue weighted by Gasteiger charge is -1.98. The second-order valence-corrected chi connectivity index (χ2v) is 1.18. The lowest BCUT2D eigenvalue weighted by atomic mass is 10.8. The molecule has 9 heavy (non-hydrogen) atoms. The fraction of sp³-hybridized carbons (Fsp3) is 0.500. The van der Waals surface area contributed by atoms with E-state index >= 15 is 0 Å². The van der Waals surface area contributed by atoms with E-state index in [1.54, 1.807) is 6.92 Å². The highest BCUT2D eigenvalue weighted by Crippen LogP contribution is 1.82. The third-order valence-corrected chi connectivity index (χ3v) is 0.536. The molecular formula is C6H8O3. The molecule has 0 saturated carbocycles. The SMILES string of the molecule is C#CCOC(=O)OCC. The zero-order chi connectivity index (χ0) is 7.11. The molecule has 0 bridgehead atoms. The lowest BCUT2D eigenvalue weighted by molar-refractivity contribution is 0.0687. The van der Waals surface area contributed by atoms with E-state index in [0.29, 0.717) is 6.61 Å². The van der Waals surface area contributed by atoms with Crippen molar-refractivity contribution in [2.45, 2.75) is 6.92 Å². The highest BCUT2D eigenvalue weighted by molar-refractivity contribution is 5.59. The van der Waals surface area contributed by atoms with Crippen LogP contribution in [0.5, 0.6) is 0 Å². The Hall–Kier alpha value is -1.17. The van der Waals surface area contributed by atoms with Gasteiger partial charge >= 0.3 is 6.16 Å². The predicted molar refractivity (Wildman–Crippen MR) is 31.8 cm³/mol. The molecule has 0 saturated heterocycles. The minimum Gasteiger partial charge on any atom is -0.435 e. The minimum atomic E-state index is -0.713. The molecule has 50 valence electrons. The monoisotopic (exact) mass is 128 g/mol. The molecule has 0 atom stereocenters. The molecule has 0 aromatic rings. The summed E-state index contributed by atoms with van der Waals surface area (Å²) in [6, 6.07) is 0. The van der Waals surface area contributed by atoms with Crippen molar-refractivity contribution >= 4 is 6.16 Å². The Balaban J connectivity index is 3.19. The zero-order valence-corrected chi connectivity index (χ0v) is 5.22. The predicted octanol–water partition coefficient (Wildman–Crippen LogP) is 0.793. The Kier molecular flexibility index (Phi) is 4.33. The van der Waals surface area contributed by atoms with Crippen LogP contribution in [0.15, 0.2) is 0 Å². The summed E-state index contributed by atoms with van der Waals surface area (Å²) in [6.07, 6.45) is 4.08. The number of ether oxygens (including phenoxy) is 2. The van der Waals surface area contributed by atoms with Crippen molar-refractivity contribution in [1.82, 2.24) is 0 Å². The maximum absolute atomic E-state index is 10.3. The molecule has 0 rings (SSSR count). The standard InChI is InChI=1S/C6H8O3/c1-3-5-9-6(7)8-4-2/h1H,4-5H2,2H3. The molecule has 3 heteroatoms. The van der Waals surface area contributed by atoms with Gasteiger partial charge in [-0.3, -0.25) is 0 Å². The summed E-state index contributed by atoms with van der Waals surface area (Å²) in [4.78, 5) is 10.3. The average molecular weight is 128 g/mol. The van der Waals surface area contributed by atoms with Crippen LogP contribution >= 0.6 is 0 Å². The van der Waals surface area contributed by atoms with Crippen molar-refractivity contribution in [3.05, 3.63) is 0 Å². The average Bonchev–Trinajstić information content (AvgIpc) is 1.85. The van der Waals surface area contributed by atoms with Gasteiger partial charge in [-0.1, -0.05) is 5.92 Å². The summed E-state index contributed by atoms with van der Waals surface area (Å²) >= 11 is 0. The van der Waals surface area contributed by atoms with Crippen LogP contribution in [0.25, 0.3) is 0 Å². The molecule has 0 aliphatic heterocycles. The van der Waals surface area contributed by atoms with E-state index < -0.39 is 6.16 Å². The molecule has 0 aliphatic carbocycles. The van der Waals surface area contributed by atoms with Crippen LogP contribution in [0.4, 0.5) is 4.79 Å². The summed E-state index contributed by atoms with van der Waals surface area (Å²) in [5, 5.41) is 0. The first-order chi connectivity index (χ1) is 4.31. The maximum atomic E-state index is 10.3. The van der Waals surface area contributed by atoms with Crippen LogP contribution in [0.2, 0.25) is 0 Å². The van der Waals surface area contributed by atoms with Gasteiger partial charge in [0.2, 0.25) is 0 Å². The first-order valence-electron chi connectivity index (χ1n) is 2.54. The molecule has 0 aromatic heterocycles. The summed E-state index contributed by atoms with van der Waals surface area (Å²) < 4.78 is 8.72. The van der Waals surface area contributed by atoms with Gasteiger partial charge in [-0.2, -0.15) is 0 Å². The Morgan fingerprint density at radius 1 is 1.67 bits per heavy atom. The first-order valence-corrected chi connectivity index (χ1v) is 2.54. The van der Waals surface area contributed by atoms with Crippen molar-refractivity contribution < 1.29 is 14.3 Å². The molecule has 0 radical (unpaired) electrons. The van der Waals surface area contributed by atoms with Gasteiger partial charge in [-0.15, -0.1) is 6.42 Å². The number of terminal acetylenes is 1. The number of carbonyl (C=O) groups excluding carboxylic acids is 1. The molecule has 0 amide bonds. The molecule has 0 aliphatic rings. The number of rotatable bonds is 2. The minimum absolute atomic E-state index is 0.0289. The topological polar surface area (TPSA) is 35.5 Å². The van der Waals surface area contributed by atoms with Crippen molar-refractivity contribution in [1.29, 1.82) is 0 Å². The van der Waals surface area contributed by atoms with E-state index in [9.17, 15) is 4.79 Å². The lowest BCUT2D eigenvalue weighted by Crippen LogP contribution is -2.06. The normalized spacial score (nSPS) is 7.56. The number of hydrogen-bond donors (Lipinski definition) is 0. The van der Waals surface area contributed by atoms with Gasteiger partial charge in [-0.05, 0) is 6.92 Å². The van der Waals surface area contributed by atoms with E-state index in [2.05, 4.69) is 15.4 Å². The highest BCUT2D eigenvalue weighted by atomic mass is 16.7. The highest BCUT2D eigenvalue weighted by Gasteiger charge is 1.97. The van der Waals surface area contributed by atoms with E-state index in [4.69, 9.17) is 6.42 Å². The van der Waals surface area contributed by atoms with Gasteiger partial charge in [0.05, 0.1) is 6.61 Å². The fourth-order valence-corrected chi connectivity index (χ4v) is 0.260. The summed E-state index contributed by atoms with van der Waals surface area (Å²) in [7, 11) is 0. The van der Waals surface area contributed by atoms with Crippen LogP contribution in [0.1, 0.15) is 6.92 Å². The quantitative estimate of drug-likeness (QED) is 0.407. The molecule has 0 spiro atoms. The molecule has 0 fully saturated rings. The third kappa shape index (κ3) is 4.69. The Morgan fingerprint density at radius 3 is 2.78 bits per heavy atom. The van der Waals surface area contributed by atoms with E-state index in [0.717, 1.165) is 0 Å². The molecule has 0 heterocycles. The van der Waals surface area contributed by atoms with Crippen LogP contribution in [0, 0.1) is 12.3 Å². The van der Waals surface area contributed by atoms with Crippen LogP contribution in [-0.2, 0) is 9.47 Å². The second kappa shape index (κ2) is 4.98. The van der Waals surface area contributed by atoms with Crippen molar-refractivity contribution in [3.63, 3.8) is 0 Å². The Morgan fingerprint density at radius 2 is 2.33 bits per heavy atom. The van der Waals surface area contributed by atoms with Crippen LogP contribution < -0.4 is 0 Å². The number of carbonyl (C=O) groups is 1. The summed E-state index contributed by atoms with van der Waals surface area (Å²) in [6.45, 7) is 1.97. The molecular weight excluding hydrogens is 120 g/mol. The maximum Gasteiger partial charge on any atom is 0.509 e. The van der Waals surface area contributed by atoms with Gasteiger partial charge in [-0.25, -0.2) is 4.79 Å². The van der Waals surface area contributed by atoms with Gasteiger partial charge < -0.3 is 9.47 Å². The number of hydrogen-bond acceptors (Lipinski definition) is 3.